The van der Waals surface area contributed by atoms with Gasteiger partial charge in [-0.25, -0.2) is 0 Å². The van der Waals surface area contributed by atoms with Crippen molar-refractivity contribution in [2.75, 3.05) is 7.11 Å². The molecule has 1 aliphatic rings. The van der Waals surface area contributed by atoms with Gasteiger partial charge in [0.1, 0.15) is 6.61 Å². The van der Waals surface area contributed by atoms with Gasteiger partial charge in [0, 0.05) is 19.1 Å². The number of ether oxygens (including phenoxy) is 1. The van der Waals surface area contributed by atoms with Crippen molar-refractivity contribution in [2.24, 2.45) is 5.73 Å². The van der Waals surface area contributed by atoms with Crippen molar-refractivity contribution >= 4 is 12.4 Å². The van der Waals surface area contributed by atoms with E-state index >= 15 is 0 Å². The monoisotopic (exact) mass is 247 g/mol. The van der Waals surface area contributed by atoms with Gasteiger partial charge >= 0.3 is 0 Å². The van der Waals surface area contributed by atoms with Crippen LogP contribution in [0.15, 0.2) is 4.42 Å². The van der Waals surface area contributed by atoms with Gasteiger partial charge in [-0.3, -0.25) is 0 Å². The average molecular weight is 248 g/mol. The molecule has 2 rings (SSSR count). The van der Waals surface area contributed by atoms with Crippen molar-refractivity contribution in [3.05, 3.63) is 11.8 Å². The molecule has 1 aliphatic carbocycles. The highest BCUT2D eigenvalue weighted by molar-refractivity contribution is 5.85. The molecule has 0 aromatic carbocycles. The van der Waals surface area contributed by atoms with E-state index in [0.29, 0.717) is 24.5 Å². The number of nitrogens with two attached hydrogens (primary N) is 1. The van der Waals surface area contributed by atoms with E-state index in [2.05, 4.69) is 10.2 Å². The molecule has 0 spiro atoms. The molecular weight excluding hydrogens is 230 g/mol. The SMILES string of the molecule is COCc1nnc(C2CCC(N)CC2)o1.Cl. The lowest BCUT2D eigenvalue weighted by Gasteiger charge is -2.23. The van der Waals surface area contributed by atoms with Crippen LogP contribution in [0.1, 0.15) is 43.4 Å². The molecule has 16 heavy (non-hydrogen) atoms. The molecule has 6 heteroatoms. The summed E-state index contributed by atoms with van der Waals surface area (Å²) < 4.78 is 10.4. The van der Waals surface area contributed by atoms with Crippen LogP contribution >= 0.6 is 12.4 Å². The van der Waals surface area contributed by atoms with Gasteiger partial charge in [-0.05, 0) is 25.7 Å². The van der Waals surface area contributed by atoms with Crippen LogP contribution < -0.4 is 5.73 Å². The average Bonchev–Trinajstić information content (AvgIpc) is 2.68. The minimum Gasteiger partial charge on any atom is -0.422 e. The first-order chi connectivity index (χ1) is 7.29. The molecule has 1 aromatic heterocycles. The predicted molar refractivity (Wildman–Crippen MR) is 61.4 cm³/mol. The van der Waals surface area contributed by atoms with Gasteiger partial charge in [0.25, 0.3) is 0 Å². The van der Waals surface area contributed by atoms with Crippen molar-refractivity contribution in [1.29, 1.82) is 0 Å². The standard InChI is InChI=1S/C10H17N3O2.ClH/c1-14-6-9-12-13-10(15-9)7-2-4-8(11)5-3-7;/h7-8H,2-6,11H2,1H3;1H. The van der Waals surface area contributed by atoms with Crippen molar-refractivity contribution in [2.45, 2.75) is 44.2 Å². The zero-order valence-corrected chi connectivity index (χ0v) is 10.2. The van der Waals surface area contributed by atoms with E-state index in [9.17, 15) is 0 Å². The smallest absolute Gasteiger partial charge is 0.242 e. The molecule has 0 bridgehead atoms. The minimum atomic E-state index is 0. The lowest BCUT2D eigenvalue weighted by atomic mass is 9.86. The summed E-state index contributed by atoms with van der Waals surface area (Å²) in [5, 5.41) is 7.97. The summed E-state index contributed by atoms with van der Waals surface area (Å²) in [7, 11) is 1.61. The molecule has 0 amide bonds. The van der Waals surface area contributed by atoms with E-state index in [1.54, 1.807) is 7.11 Å². The maximum atomic E-state index is 5.84. The van der Waals surface area contributed by atoms with Crippen LogP contribution in [0.4, 0.5) is 0 Å². The summed E-state index contributed by atoms with van der Waals surface area (Å²) in [6.07, 6.45) is 4.20. The largest absolute Gasteiger partial charge is 0.422 e. The van der Waals surface area contributed by atoms with Gasteiger partial charge < -0.3 is 14.9 Å². The lowest BCUT2D eigenvalue weighted by molar-refractivity contribution is 0.156. The number of nitrogens with zero attached hydrogens (tertiary/aromatic N) is 2. The third-order valence-corrected chi connectivity index (χ3v) is 2.87. The topological polar surface area (TPSA) is 74.2 Å². The zero-order chi connectivity index (χ0) is 10.7. The minimum absolute atomic E-state index is 0. The van der Waals surface area contributed by atoms with Crippen LogP contribution in [0, 0.1) is 0 Å². The second-order valence-corrected chi connectivity index (χ2v) is 4.08. The van der Waals surface area contributed by atoms with Crippen LogP contribution in [0.25, 0.3) is 0 Å². The number of hydrogen-bond acceptors (Lipinski definition) is 5. The molecule has 5 nitrogen and oxygen atoms in total. The maximum Gasteiger partial charge on any atom is 0.242 e. The molecule has 1 fully saturated rings. The number of rotatable bonds is 3. The van der Waals surface area contributed by atoms with E-state index in [1.165, 1.54) is 0 Å². The highest BCUT2D eigenvalue weighted by atomic mass is 35.5. The first kappa shape index (κ1) is 13.4. The molecular formula is C10H18ClN3O2. The molecule has 0 radical (unpaired) electrons. The summed E-state index contributed by atoms with van der Waals surface area (Å²) >= 11 is 0. The fraction of sp³-hybridized carbons (Fsp3) is 0.800. The van der Waals surface area contributed by atoms with Crippen LogP contribution in [-0.4, -0.2) is 23.3 Å². The fourth-order valence-electron chi connectivity index (χ4n) is 1.98. The number of methoxy groups -OCH3 is 1. The Balaban J connectivity index is 0.00000128. The Kier molecular flexibility index (Phi) is 5.18. The normalized spacial score (nSPS) is 25.1. The summed E-state index contributed by atoms with van der Waals surface area (Å²) in [4.78, 5) is 0. The Morgan fingerprint density at radius 1 is 1.31 bits per heavy atom. The fourth-order valence-corrected chi connectivity index (χ4v) is 1.98. The molecule has 0 atom stereocenters. The molecule has 1 aromatic rings. The number of hydrogen-bond donors (Lipinski definition) is 1. The van der Waals surface area contributed by atoms with E-state index in [4.69, 9.17) is 14.9 Å². The summed E-state index contributed by atoms with van der Waals surface area (Å²) in [5.74, 6) is 1.69. The van der Waals surface area contributed by atoms with Gasteiger partial charge in [0.05, 0.1) is 0 Å². The van der Waals surface area contributed by atoms with E-state index in [0.717, 1.165) is 31.6 Å². The Morgan fingerprint density at radius 2 is 2.00 bits per heavy atom. The first-order valence-electron chi connectivity index (χ1n) is 5.36. The van der Waals surface area contributed by atoms with Gasteiger partial charge in [-0.2, -0.15) is 0 Å². The van der Waals surface area contributed by atoms with Crippen molar-refractivity contribution in [1.82, 2.24) is 10.2 Å². The summed E-state index contributed by atoms with van der Waals surface area (Å²) in [6.45, 7) is 0.388. The predicted octanol–water partition coefficient (Wildman–Crippen LogP) is 1.62. The lowest BCUT2D eigenvalue weighted by Crippen LogP contribution is -2.25. The van der Waals surface area contributed by atoms with Crippen molar-refractivity contribution < 1.29 is 9.15 Å². The zero-order valence-electron chi connectivity index (χ0n) is 9.39. The van der Waals surface area contributed by atoms with Crippen LogP contribution in [-0.2, 0) is 11.3 Å². The molecule has 0 unspecified atom stereocenters. The van der Waals surface area contributed by atoms with Gasteiger partial charge in [-0.1, -0.05) is 0 Å². The molecule has 1 saturated carbocycles. The Bertz CT molecular complexity index is 311. The van der Waals surface area contributed by atoms with Gasteiger partial charge in [0.15, 0.2) is 0 Å². The third-order valence-electron chi connectivity index (χ3n) is 2.87. The Hall–Kier alpha value is -0.650. The van der Waals surface area contributed by atoms with E-state index in [-0.39, 0.29) is 12.4 Å². The summed E-state index contributed by atoms with van der Waals surface area (Å²) in [6, 6.07) is 0.350. The molecule has 0 saturated heterocycles. The van der Waals surface area contributed by atoms with Crippen LogP contribution in [0.2, 0.25) is 0 Å². The Labute approximate surface area is 101 Å². The van der Waals surface area contributed by atoms with Gasteiger partial charge in [-0.15, -0.1) is 22.6 Å². The van der Waals surface area contributed by atoms with Crippen molar-refractivity contribution in [3.63, 3.8) is 0 Å². The molecule has 2 N–H and O–H groups in total. The second-order valence-electron chi connectivity index (χ2n) is 4.08. The van der Waals surface area contributed by atoms with Crippen molar-refractivity contribution in [3.8, 4) is 0 Å². The summed E-state index contributed by atoms with van der Waals surface area (Å²) in [5.41, 5.74) is 5.84. The van der Waals surface area contributed by atoms with Gasteiger partial charge in [0.2, 0.25) is 11.8 Å². The van der Waals surface area contributed by atoms with E-state index < -0.39 is 0 Å². The van der Waals surface area contributed by atoms with Crippen LogP contribution in [0.3, 0.4) is 0 Å². The van der Waals surface area contributed by atoms with Crippen LogP contribution in [0.5, 0.6) is 0 Å². The second kappa shape index (κ2) is 6.18. The highest BCUT2D eigenvalue weighted by Crippen LogP contribution is 2.31. The third kappa shape index (κ3) is 3.17. The molecule has 1 heterocycles. The number of aromatic nitrogens is 2. The Morgan fingerprint density at radius 3 is 2.62 bits per heavy atom. The molecule has 92 valence electrons. The number of halogens is 1. The quantitative estimate of drug-likeness (QED) is 0.879. The molecule has 0 aliphatic heterocycles. The first-order valence-corrected chi connectivity index (χ1v) is 5.36. The highest BCUT2D eigenvalue weighted by Gasteiger charge is 2.24. The van der Waals surface area contributed by atoms with E-state index in [1.807, 2.05) is 0 Å². The maximum absolute atomic E-state index is 5.84.